The Labute approximate surface area is 216 Å². The number of carbonyl (C=O) groups is 2. The van der Waals surface area contributed by atoms with E-state index in [-0.39, 0.29) is 11.6 Å². The molecule has 6 heteroatoms. The summed E-state index contributed by atoms with van der Waals surface area (Å²) in [5.41, 5.74) is 3.10. The molecule has 0 atom stereocenters. The van der Waals surface area contributed by atoms with E-state index in [1.807, 2.05) is 26.2 Å². The molecule has 0 fully saturated rings. The van der Waals surface area contributed by atoms with Crippen LogP contribution in [0.4, 0.5) is 11.4 Å². The molecular formula is C30H40N4O2. The largest absolute Gasteiger partial charge is 0.363 e. The van der Waals surface area contributed by atoms with Gasteiger partial charge in [-0.3, -0.25) is 9.59 Å². The number of hydrogen-bond donors (Lipinski definition) is 0. The molecule has 6 nitrogen and oxygen atoms in total. The van der Waals surface area contributed by atoms with Gasteiger partial charge in [0.15, 0.2) is 11.6 Å². The molecular weight excluding hydrogens is 448 g/mol. The molecule has 0 bridgehead atoms. The Balaban J connectivity index is 1.92. The smallest absolute Gasteiger partial charge is 0.194 e. The van der Waals surface area contributed by atoms with E-state index in [0.29, 0.717) is 33.6 Å². The molecule has 0 N–H and O–H groups in total. The fraction of sp³-hybridized carbons (Fsp3) is 0.467. The minimum absolute atomic E-state index is 0.139. The van der Waals surface area contributed by atoms with Crippen molar-refractivity contribution in [2.75, 3.05) is 27.2 Å². The monoisotopic (exact) mass is 488 g/mol. The van der Waals surface area contributed by atoms with Gasteiger partial charge in [0.25, 0.3) is 0 Å². The van der Waals surface area contributed by atoms with Gasteiger partial charge in [-0.1, -0.05) is 40.5 Å². The molecule has 0 aliphatic heterocycles. The Morgan fingerprint density at radius 3 is 1.36 bits per heavy atom. The van der Waals surface area contributed by atoms with Gasteiger partial charge < -0.3 is 9.80 Å². The fourth-order valence-electron chi connectivity index (χ4n) is 4.48. The number of ketones is 2. The predicted octanol–water partition coefficient (Wildman–Crippen LogP) is 6.81. The van der Waals surface area contributed by atoms with Crippen LogP contribution in [0.5, 0.6) is 0 Å². The molecule has 0 saturated carbocycles. The highest BCUT2D eigenvalue weighted by molar-refractivity contribution is 6.28. The number of fused-ring (bicyclic) bond motifs is 2. The molecule has 2 aromatic rings. The molecule has 0 amide bonds. The van der Waals surface area contributed by atoms with E-state index in [2.05, 4.69) is 37.5 Å². The van der Waals surface area contributed by atoms with Crippen LogP contribution in [0.1, 0.15) is 98.1 Å². The lowest BCUT2D eigenvalue weighted by Crippen LogP contribution is -2.27. The molecule has 0 radical (unpaired) electrons. The second kappa shape index (κ2) is 12.6. The van der Waals surface area contributed by atoms with E-state index >= 15 is 0 Å². The molecule has 0 spiro atoms. The van der Waals surface area contributed by atoms with Crippen LogP contribution < -0.4 is 0 Å². The van der Waals surface area contributed by atoms with Gasteiger partial charge in [-0.05, 0) is 49.2 Å². The summed E-state index contributed by atoms with van der Waals surface area (Å²) in [5.74, 6) is 1.66. The Bertz CT molecular complexity index is 1070. The van der Waals surface area contributed by atoms with Crippen LogP contribution in [0.25, 0.3) is 0 Å². The van der Waals surface area contributed by atoms with Crippen LogP contribution in [0.2, 0.25) is 0 Å². The van der Waals surface area contributed by atoms with Crippen molar-refractivity contribution < 1.29 is 9.59 Å². The number of aliphatic imine (C=N–C) groups is 2. The zero-order valence-electron chi connectivity index (χ0n) is 22.7. The van der Waals surface area contributed by atoms with Crippen LogP contribution in [0.3, 0.4) is 0 Å². The standard InChI is InChI=1S/C30H40N4O2/c1-7-11-17-33(5)27(9-3)31-21-13-15-23-25(19-21)29(35)24-16-14-22(20-26(24)30(23)36)32-28(10-4)34(6)18-12-8-2/h13-16,19-20H,7-12,17-18H2,1-6H3. The van der Waals surface area contributed by atoms with Crippen LogP contribution >= 0.6 is 0 Å². The van der Waals surface area contributed by atoms with E-state index < -0.39 is 0 Å². The summed E-state index contributed by atoms with van der Waals surface area (Å²) in [6.45, 7) is 10.4. The fourth-order valence-corrected chi connectivity index (χ4v) is 4.48. The van der Waals surface area contributed by atoms with Crippen molar-refractivity contribution in [3.05, 3.63) is 58.7 Å². The van der Waals surface area contributed by atoms with E-state index in [4.69, 9.17) is 9.98 Å². The zero-order chi connectivity index (χ0) is 26.2. The van der Waals surface area contributed by atoms with E-state index in [1.165, 1.54) is 0 Å². The molecule has 1 aliphatic rings. The summed E-state index contributed by atoms with van der Waals surface area (Å²) in [7, 11) is 4.10. The second-order valence-corrected chi connectivity index (χ2v) is 9.43. The summed E-state index contributed by atoms with van der Waals surface area (Å²) >= 11 is 0. The molecule has 2 aromatic carbocycles. The third-order valence-corrected chi connectivity index (χ3v) is 6.71. The Morgan fingerprint density at radius 2 is 1.03 bits per heavy atom. The van der Waals surface area contributed by atoms with Gasteiger partial charge in [0.1, 0.15) is 11.7 Å². The Kier molecular flexibility index (Phi) is 9.57. The maximum atomic E-state index is 13.4. The van der Waals surface area contributed by atoms with Gasteiger partial charge in [-0.25, -0.2) is 9.98 Å². The van der Waals surface area contributed by atoms with Crippen LogP contribution in [0, 0.1) is 0 Å². The maximum Gasteiger partial charge on any atom is 0.194 e. The van der Waals surface area contributed by atoms with Crippen LogP contribution in [0.15, 0.2) is 46.4 Å². The highest BCUT2D eigenvalue weighted by Gasteiger charge is 2.30. The van der Waals surface area contributed by atoms with Gasteiger partial charge in [-0.15, -0.1) is 0 Å². The summed E-state index contributed by atoms with van der Waals surface area (Å²) in [4.78, 5) is 40.7. The first-order valence-electron chi connectivity index (χ1n) is 13.3. The first-order chi connectivity index (χ1) is 17.3. The number of rotatable bonds is 10. The Hall–Kier alpha value is -3.28. The number of nitrogens with zero attached hydrogens (tertiary/aromatic N) is 4. The lowest BCUT2D eigenvalue weighted by molar-refractivity contribution is 0.0979. The number of benzene rings is 2. The van der Waals surface area contributed by atoms with Crippen molar-refractivity contribution in [3.63, 3.8) is 0 Å². The molecule has 0 aromatic heterocycles. The maximum absolute atomic E-state index is 13.4. The zero-order valence-corrected chi connectivity index (χ0v) is 22.7. The molecule has 0 heterocycles. The number of hydrogen-bond acceptors (Lipinski definition) is 4. The molecule has 1 aliphatic carbocycles. The van der Waals surface area contributed by atoms with Gasteiger partial charge in [0, 0.05) is 62.3 Å². The number of carbonyl (C=O) groups excluding carboxylic acids is 2. The van der Waals surface area contributed by atoms with Crippen LogP contribution in [-0.2, 0) is 0 Å². The normalized spacial score (nSPS) is 13.5. The topological polar surface area (TPSA) is 65.3 Å². The first kappa shape index (κ1) is 27.3. The second-order valence-electron chi connectivity index (χ2n) is 9.43. The van der Waals surface area contributed by atoms with E-state index in [0.717, 1.165) is 63.3 Å². The van der Waals surface area contributed by atoms with Gasteiger partial charge in [0.2, 0.25) is 0 Å². The third kappa shape index (κ3) is 6.10. The lowest BCUT2D eigenvalue weighted by Gasteiger charge is -2.22. The molecule has 3 rings (SSSR count). The van der Waals surface area contributed by atoms with Crippen molar-refractivity contribution in [3.8, 4) is 0 Å². The third-order valence-electron chi connectivity index (χ3n) is 6.71. The van der Waals surface area contributed by atoms with Crippen LogP contribution in [-0.4, -0.2) is 60.2 Å². The molecule has 36 heavy (non-hydrogen) atoms. The van der Waals surface area contributed by atoms with E-state index in [1.54, 1.807) is 24.3 Å². The number of amidine groups is 2. The molecule has 0 saturated heterocycles. The molecule has 0 unspecified atom stereocenters. The van der Waals surface area contributed by atoms with Gasteiger partial charge in [0.05, 0.1) is 11.4 Å². The van der Waals surface area contributed by atoms with Gasteiger partial charge >= 0.3 is 0 Å². The highest BCUT2D eigenvalue weighted by Crippen LogP contribution is 2.32. The first-order valence-corrected chi connectivity index (χ1v) is 13.3. The van der Waals surface area contributed by atoms with Crippen molar-refractivity contribution in [1.82, 2.24) is 9.80 Å². The lowest BCUT2D eigenvalue weighted by atomic mass is 9.83. The van der Waals surface area contributed by atoms with Crippen molar-refractivity contribution in [2.45, 2.75) is 66.2 Å². The van der Waals surface area contributed by atoms with Gasteiger partial charge in [-0.2, -0.15) is 0 Å². The summed E-state index contributed by atoms with van der Waals surface area (Å²) in [6, 6.07) is 10.7. The summed E-state index contributed by atoms with van der Waals surface area (Å²) < 4.78 is 0. The number of unbranched alkanes of at least 4 members (excludes halogenated alkanes) is 2. The predicted molar refractivity (Wildman–Crippen MR) is 150 cm³/mol. The van der Waals surface area contributed by atoms with Crippen molar-refractivity contribution in [1.29, 1.82) is 0 Å². The van der Waals surface area contributed by atoms with Crippen molar-refractivity contribution >= 4 is 34.6 Å². The Morgan fingerprint density at radius 1 is 0.639 bits per heavy atom. The average Bonchev–Trinajstić information content (AvgIpc) is 2.90. The minimum atomic E-state index is -0.139. The highest BCUT2D eigenvalue weighted by atomic mass is 16.1. The quantitative estimate of drug-likeness (QED) is 0.232. The summed E-state index contributed by atoms with van der Waals surface area (Å²) in [5, 5.41) is 0. The minimum Gasteiger partial charge on any atom is -0.363 e. The SMILES string of the molecule is CCCCN(C)C(CC)=Nc1ccc2c(c1)C(=O)c1ccc(N=C(CC)N(C)CCCC)cc1C2=O. The summed E-state index contributed by atoms with van der Waals surface area (Å²) in [6.07, 6.45) is 6.04. The molecule has 192 valence electrons. The van der Waals surface area contributed by atoms with Crippen molar-refractivity contribution in [2.24, 2.45) is 9.98 Å². The van der Waals surface area contributed by atoms with E-state index in [9.17, 15) is 9.59 Å². The average molecular weight is 489 g/mol.